The number of rotatable bonds is 20. The van der Waals surface area contributed by atoms with Crippen LogP contribution in [-0.4, -0.2) is 105 Å². The Morgan fingerprint density at radius 2 is 1.62 bits per heavy atom. The number of ether oxygens (including phenoxy) is 5. The molecule has 13 nitrogen and oxygen atoms in total. The summed E-state index contributed by atoms with van der Waals surface area (Å²) in [5.41, 5.74) is 0.267. The fourth-order valence-corrected chi connectivity index (χ4v) is 7.26. The van der Waals surface area contributed by atoms with E-state index in [4.69, 9.17) is 28.7 Å². The standard InChI is InChI=1S/C38H56N4O9S/c1-5-32(43)41-33(27-11-7-6-8-12-27)36(45)42-17-10-15-31(42)35-40-30(26-52-35)34(44)28-13-9-14-29(25-28)50-24-23-49-22-21-48-20-19-47-18-16-39-37(46)51-38(2,3)4/h9,13-14,25-27,31,33H,5-8,10-12,15-24H2,1-4H3,(H,39,46)(H,41,43)/t31-,33-/m0/s1. The lowest BCUT2D eigenvalue weighted by Gasteiger charge is -2.34. The van der Waals surface area contributed by atoms with Crippen molar-refractivity contribution in [3.8, 4) is 5.75 Å². The van der Waals surface area contributed by atoms with Crippen LogP contribution in [0.15, 0.2) is 29.6 Å². The van der Waals surface area contributed by atoms with E-state index in [0.717, 1.165) is 43.5 Å². The molecule has 3 amide bonds. The lowest BCUT2D eigenvalue weighted by atomic mass is 9.83. The van der Waals surface area contributed by atoms with E-state index >= 15 is 0 Å². The molecule has 1 saturated carbocycles. The topological polar surface area (TPSA) is 155 Å². The van der Waals surface area contributed by atoms with Gasteiger partial charge < -0.3 is 39.2 Å². The predicted molar refractivity (Wildman–Crippen MR) is 197 cm³/mol. The summed E-state index contributed by atoms with van der Waals surface area (Å²) in [6, 6.07) is 6.26. The maximum atomic E-state index is 13.9. The van der Waals surface area contributed by atoms with Gasteiger partial charge in [0, 0.05) is 30.5 Å². The molecule has 0 bridgehead atoms. The molecule has 1 aliphatic heterocycles. The molecule has 14 heteroatoms. The van der Waals surface area contributed by atoms with Gasteiger partial charge in [0.25, 0.3) is 0 Å². The number of carbonyl (C=O) groups is 4. The number of hydrogen-bond donors (Lipinski definition) is 2. The summed E-state index contributed by atoms with van der Waals surface area (Å²) in [5.74, 6) is 0.346. The number of thiazole rings is 1. The molecule has 0 spiro atoms. The van der Waals surface area contributed by atoms with Gasteiger partial charge in [0.15, 0.2) is 0 Å². The predicted octanol–water partition coefficient (Wildman–Crippen LogP) is 5.47. The molecule has 2 aliphatic rings. The molecule has 2 aromatic rings. The van der Waals surface area contributed by atoms with Crippen LogP contribution < -0.4 is 15.4 Å². The number of likely N-dealkylation sites (tertiary alicyclic amines) is 1. The Morgan fingerprint density at radius 1 is 0.923 bits per heavy atom. The first-order valence-electron chi connectivity index (χ1n) is 18.6. The lowest BCUT2D eigenvalue weighted by Crippen LogP contribution is -2.52. The van der Waals surface area contributed by atoms with Crippen molar-refractivity contribution in [1.82, 2.24) is 20.5 Å². The van der Waals surface area contributed by atoms with E-state index in [0.29, 0.717) is 82.8 Å². The second-order valence-corrected chi connectivity index (χ2v) is 14.9. The number of nitrogens with zero attached hydrogens (tertiary/aromatic N) is 2. The molecule has 1 aromatic heterocycles. The van der Waals surface area contributed by atoms with Gasteiger partial charge in [0.1, 0.15) is 34.7 Å². The van der Waals surface area contributed by atoms with Gasteiger partial charge in [0.05, 0.1) is 45.7 Å². The Balaban J connectivity index is 1.16. The number of aromatic nitrogens is 1. The van der Waals surface area contributed by atoms with Crippen molar-refractivity contribution in [2.75, 3.05) is 59.3 Å². The van der Waals surface area contributed by atoms with E-state index < -0.39 is 17.7 Å². The molecular formula is C38H56N4O9S. The largest absolute Gasteiger partial charge is 0.491 e. The van der Waals surface area contributed by atoms with Crippen LogP contribution in [0, 0.1) is 5.92 Å². The summed E-state index contributed by atoms with van der Waals surface area (Å²) in [4.78, 5) is 58.0. The first kappa shape index (κ1) is 41.2. The quantitative estimate of drug-likeness (QED) is 0.132. The third kappa shape index (κ3) is 13.4. The van der Waals surface area contributed by atoms with E-state index in [9.17, 15) is 19.2 Å². The van der Waals surface area contributed by atoms with Crippen LogP contribution in [0.5, 0.6) is 5.75 Å². The van der Waals surface area contributed by atoms with Gasteiger partial charge in [0.2, 0.25) is 17.6 Å². The van der Waals surface area contributed by atoms with Crippen LogP contribution >= 0.6 is 11.3 Å². The lowest BCUT2D eigenvalue weighted by molar-refractivity contribution is -0.139. The molecule has 2 heterocycles. The van der Waals surface area contributed by atoms with Crippen molar-refractivity contribution in [3.63, 3.8) is 0 Å². The number of benzene rings is 1. The Hall–Kier alpha value is -3.59. The Labute approximate surface area is 311 Å². The van der Waals surface area contributed by atoms with Crippen molar-refractivity contribution in [2.24, 2.45) is 5.92 Å². The SMILES string of the molecule is CCC(=O)N[C@H](C(=O)N1CCC[C@H]1c1nc(C(=O)c2cccc(OCCOCCOCCOCCNC(=O)OC(C)(C)C)c2)cs1)C1CCCCC1. The van der Waals surface area contributed by atoms with Gasteiger partial charge >= 0.3 is 6.09 Å². The average molecular weight is 745 g/mol. The fraction of sp³-hybridized carbons (Fsp3) is 0.658. The number of carbonyl (C=O) groups excluding carboxylic acids is 4. The van der Waals surface area contributed by atoms with Gasteiger partial charge in [-0.3, -0.25) is 14.4 Å². The highest BCUT2D eigenvalue weighted by Gasteiger charge is 2.39. The van der Waals surface area contributed by atoms with Crippen LogP contribution in [-0.2, 0) is 28.5 Å². The van der Waals surface area contributed by atoms with E-state index in [1.165, 1.54) is 17.8 Å². The van der Waals surface area contributed by atoms with Crippen molar-refractivity contribution >= 4 is 35.0 Å². The summed E-state index contributed by atoms with van der Waals surface area (Å²) in [7, 11) is 0. The van der Waals surface area contributed by atoms with Crippen molar-refractivity contribution < 1.29 is 42.9 Å². The average Bonchev–Trinajstić information content (AvgIpc) is 3.82. The van der Waals surface area contributed by atoms with Crippen molar-refractivity contribution in [2.45, 2.75) is 96.7 Å². The van der Waals surface area contributed by atoms with Gasteiger partial charge in [-0.25, -0.2) is 9.78 Å². The second kappa shape index (κ2) is 21.2. The Morgan fingerprint density at radius 3 is 2.31 bits per heavy atom. The zero-order valence-corrected chi connectivity index (χ0v) is 31.9. The number of nitrogens with one attached hydrogen (secondary N) is 2. The minimum Gasteiger partial charge on any atom is -0.491 e. The summed E-state index contributed by atoms with van der Waals surface area (Å²) in [6.45, 7) is 10.8. The van der Waals surface area contributed by atoms with E-state index in [1.54, 1.807) is 36.6 Å². The zero-order valence-electron chi connectivity index (χ0n) is 31.1. The number of ketones is 1. The second-order valence-electron chi connectivity index (χ2n) is 14.0. The van der Waals surface area contributed by atoms with Crippen molar-refractivity contribution in [3.05, 3.63) is 45.9 Å². The molecule has 2 fully saturated rings. The molecule has 52 heavy (non-hydrogen) atoms. The summed E-state index contributed by atoms with van der Waals surface area (Å²) < 4.78 is 27.5. The fourth-order valence-electron chi connectivity index (χ4n) is 6.31. The number of amides is 3. The van der Waals surface area contributed by atoms with E-state index in [1.807, 2.05) is 25.7 Å². The van der Waals surface area contributed by atoms with Crippen LogP contribution in [0.3, 0.4) is 0 Å². The molecule has 1 aliphatic carbocycles. The first-order valence-corrected chi connectivity index (χ1v) is 19.5. The maximum absolute atomic E-state index is 13.9. The summed E-state index contributed by atoms with van der Waals surface area (Å²) >= 11 is 1.40. The third-order valence-corrected chi connectivity index (χ3v) is 9.80. The normalized spacial score (nSPS) is 17.1. The molecule has 288 valence electrons. The van der Waals surface area contributed by atoms with E-state index in [2.05, 4.69) is 10.6 Å². The highest BCUT2D eigenvalue weighted by molar-refractivity contribution is 7.10. The summed E-state index contributed by atoms with van der Waals surface area (Å²) in [5, 5.41) is 8.17. The molecule has 4 rings (SSSR count). The zero-order chi connectivity index (χ0) is 37.3. The third-order valence-electron chi connectivity index (χ3n) is 8.85. The van der Waals surface area contributed by atoms with E-state index in [-0.39, 0.29) is 29.6 Å². The summed E-state index contributed by atoms with van der Waals surface area (Å²) in [6.07, 6.45) is 6.69. The molecular weight excluding hydrogens is 689 g/mol. The molecule has 0 radical (unpaired) electrons. The molecule has 1 saturated heterocycles. The smallest absolute Gasteiger partial charge is 0.407 e. The van der Waals surface area contributed by atoms with Gasteiger partial charge in [-0.2, -0.15) is 0 Å². The molecule has 0 unspecified atom stereocenters. The molecule has 1 aromatic carbocycles. The van der Waals surface area contributed by atoms with Crippen LogP contribution in [0.4, 0.5) is 4.79 Å². The number of hydrogen-bond acceptors (Lipinski definition) is 11. The minimum atomic E-state index is -0.535. The van der Waals surface area contributed by atoms with Gasteiger partial charge in [-0.05, 0) is 64.5 Å². The molecule has 2 atom stereocenters. The minimum absolute atomic E-state index is 0.0339. The van der Waals surface area contributed by atoms with Gasteiger partial charge in [-0.15, -0.1) is 11.3 Å². The van der Waals surface area contributed by atoms with Crippen molar-refractivity contribution in [1.29, 1.82) is 0 Å². The highest BCUT2D eigenvalue weighted by Crippen LogP contribution is 2.36. The highest BCUT2D eigenvalue weighted by atomic mass is 32.1. The number of alkyl carbamates (subject to hydrolysis) is 1. The van der Waals surface area contributed by atoms with Crippen LogP contribution in [0.2, 0.25) is 0 Å². The maximum Gasteiger partial charge on any atom is 0.407 e. The van der Waals surface area contributed by atoms with Crippen LogP contribution in [0.1, 0.15) is 106 Å². The monoisotopic (exact) mass is 744 g/mol. The van der Waals surface area contributed by atoms with Crippen LogP contribution in [0.25, 0.3) is 0 Å². The van der Waals surface area contributed by atoms with Gasteiger partial charge in [-0.1, -0.05) is 38.3 Å². The molecule has 2 N–H and O–H groups in total. The Kier molecular flexibility index (Phi) is 16.8. The first-order chi connectivity index (χ1) is 25.1. The Bertz CT molecular complexity index is 1440.